The van der Waals surface area contributed by atoms with Crippen molar-refractivity contribution in [3.05, 3.63) is 29.8 Å². The van der Waals surface area contributed by atoms with Gasteiger partial charge in [-0.3, -0.25) is 0 Å². The molecule has 1 saturated carbocycles. The minimum absolute atomic E-state index is 0.566. The summed E-state index contributed by atoms with van der Waals surface area (Å²) in [7, 11) is 3.88. The fourth-order valence-corrected chi connectivity index (χ4v) is 3.85. The molecule has 0 saturated heterocycles. The molecule has 1 aromatic rings. The summed E-state index contributed by atoms with van der Waals surface area (Å²) in [6, 6.07) is 9.00. The van der Waals surface area contributed by atoms with E-state index in [1.807, 2.05) is 6.07 Å². The largest absolute Gasteiger partial charge is 0.496 e. The van der Waals surface area contributed by atoms with Gasteiger partial charge in [0.05, 0.1) is 7.11 Å². The van der Waals surface area contributed by atoms with Crippen LogP contribution in [0.4, 0.5) is 0 Å². The van der Waals surface area contributed by atoms with Crippen LogP contribution in [0, 0.1) is 11.8 Å². The maximum absolute atomic E-state index is 5.50. The lowest BCUT2D eigenvalue weighted by atomic mass is 9.72. The molecule has 1 aliphatic rings. The second-order valence-corrected chi connectivity index (χ2v) is 6.03. The monoisotopic (exact) mass is 275 g/mol. The van der Waals surface area contributed by atoms with Gasteiger partial charge in [0.25, 0.3) is 0 Å². The predicted molar refractivity (Wildman–Crippen MR) is 85.3 cm³/mol. The Bertz CT molecular complexity index is 404. The number of para-hydroxylation sites is 1. The van der Waals surface area contributed by atoms with Gasteiger partial charge in [0, 0.05) is 6.04 Å². The highest BCUT2D eigenvalue weighted by Crippen LogP contribution is 2.36. The van der Waals surface area contributed by atoms with Crippen LogP contribution in [0.2, 0.25) is 0 Å². The first kappa shape index (κ1) is 15.4. The third-order valence-electron chi connectivity index (χ3n) is 5.01. The summed E-state index contributed by atoms with van der Waals surface area (Å²) in [5.41, 5.74) is 1.33. The Kier molecular flexibility index (Phi) is 5.90. The molecular formula is C18H29NO. The van der Waals surface area contributed by atoms with Crippen LogP contribution in [0.15, 0.2) is 24.3 Å². The molecule has 0 bridgehead atoms. The van der Waals surface area contributed by atoms with Gasteiger partial charge in [-0.25, -0.2) is 0 Å². The van der Waals surface area contributed by atoms with Crippen molar-refractivity contribution in [2.24, 2.45) is 11.8 Å². The van der Waals surface area contributed by atoms with Gasteiger partial charge in [-0.15, -0.1) is 0 Å². The Balaban J connectivity index is 2.11. The van der Waals surface area contributed by atoms with Crippen LogP contribution in [-0.4, -0.2) is 20.2 Å². The number of ether oxygens (including phenoxy) is 1. The van der Waals surface area contributed by atoms with Gasteiger partial charge in [0.2, 0.25) is 0 Å². The third kappa shape index (κ3) is 3.54. The molecule has 1 fully saturated rings. The number of hydrogen-bond acceptors (Lipinski definition) is 2. The Hall–Kier alpha value is -1.02. The zero-order valence-electron chi connectivity index (χ0n) is 13.2. The number of benzene rings is 1. The second-order valence-electron chi connectivity index (χ2n) is 6.03. The maximum Gasteiger partial charge on any atom is 0.122 e. The number of nitrogens with one attached hydrogen (secondary N) is 1. The highest BCUT2D eigenvalue weighted by atomic mass is 16.5. The van der Waals surface area contributed by atoms with Crippen molar-refractivity contribution in [2.75, 3.05) is 14.2 Å². The summed E-state index contributed by atoms with van der Waals surface area (Å²) in [5, 5.41) is 3.58. The first-order valence-corrected chi connectivity index (χ1v) is 8.09. The zero-order valence-corrected chi connectivity index (χ0v) is 13.2. The van der Waals surface area contributed by atoms with Crippen LogP contribution >= 0.6 is 0 Å². The lowest BCUT2D eigenvalue weighted by Crippen LogP contribution is -2.40. The van der Waals surface area contributed by atoms with Crippen LogP contribution in [-0.2, 0) is 6.42 Å². The van der Waals surface area contributed by atoms with E-state index in [4.69, 9.17) is 4.74 Å². The Labute approximate surface area is 123 Å². The maximum atomic E-state index is 5.50. The quantitative estimate of drug-likeness (QED) is 0.846. The van der Waals surface area contributed by atoms with Crippen LogP contribution < -0.4 is 10.1 Å². The first-order valence-electron chi connectivity index (χ1n) is 8.09. The molecule has 0 heterocycles. The third-order valence-corrected chi connectivity index (χ3v) is 5.01. The SMILES string of the molecule is CCC1CCCCC1C(Cc1ccccc1OC)NC. The number of rotatable bonds is 6. The molecule has 20 heavy (non-hydrogen) atoms. The molecule has 0 aromatic heterocycles. The van der Waals surface area contributed by atoms with Crippen LogP contribution in [0.3, 0.4) is 0 Å². The van der Waals surface area contributed by atoms with Crippen molar-refractivity contribution in [3.63, 3.8) is 0 Å². The molecule has 3 atom stereocenters. The molecule has 1 aromatic carbocycles. The molecule has 2 nitrogen and oxygen atoms in total. The van der Waals surface area contributed by atoms with Crippen molar-refractivity contribution >= 4 is 0 Å². The van der Waals surface area contributed by atoms with Gasteiger partial charge in [-0.2, -0.15) is 0 Å². The Morgan fingerprint density at radius 3 is 2.70 bits per heavy atom. The topological polar surface area (TPSA) is 21.3 Å². The van der Waals surface area contributed by atoms with Gasteiger partial charge in [0.1, 0.15) is 5.75 Å². The van der Waals surface area contributed by atoms with Crippen LogP contribution in [0.5, 0.6) is 5.75 Å². The van der Waals surface area contributed by atoms with Crippen LogP contribution in [0.1, 0.15) is 44.6 Å². The molecule has 2 rings (SSSR count). The fourth-order valence-electron chi connectivity index (χ4n) is 3.85. The lowest BCUT2D eigenvalue weighted by Gasteiger charge is -2.37. The van der Waals surface area contributed by atoms with E-state index in [0.717, 1.165) is 24.0 Å². The molecule has 2 heteroatoms. The summed E-state index contributed by atoms with van der Waals surface area (Å²) >= 11 is 0. The van der Waals surface area contributed by atoms with E-state index in [9.17, 15) is 0 Å². The summed E-state index contributed by atoms with van der Waals surface area (Å²) in [6.07, 6.45) is 7.98. The molecule has 0 amide bonds. The molecule has 0 spiro atoms. The Morgan fingerprint density at radius 1 is 1.25 bits per heavy atom. The molecule has 0 aliphatic heterocycles. The minimum atomic E-state index is 0.566. The van der Waals surface area contributed by atoms with Gasteiger partial charge in [0.15, 0.2) is 0 Å². The van der Waals surface area contributed by atoms with E-state index in [1.54, 1.807) is 7.11 Å². The number of likely N-dealkylation sites (N-methyl/N-ethyl adjacent to an activating group) is 1. The van der Waals surface area contributed by atoms with Gasteiger partial charge in [-0.1, -0.05) is 50.8 Å². The molecule has 1 N–H and O–H groups in total. The van der Waals surface area contributed by atoms with Crippen LogP contribution in [0.25, 0.3) is 0 Å². The highest BCUT2D eigenvalue weighted by molar-refractivity contribution is 5.34. The van der Waals surface area contributed by atoms with E-state index in [-0.39, 0.29) is 0 Å². The van der Waals surface area contributed by atoms with Crippen molar-refractivity contribution in [3.8, 4) is 5.75 Å². The van der Waals surface area contributed by atoms with Gasteiger partial charge in [-0.05, 0) is 43.4 Å². The Morgan fingerprint density at radius 2 is 2.00 bits per heavy atom. The highest BCUT2D eigenvalue weighted by Gasteiger charge is 2.30. The summed E-state index contributed by atoms with van der Waals surface area (Å²) in [4.78, 5) is 0. The standard InChI is InChI=1S/C18H29NO/c1-4-14-9-5-7-11-16(14)17(19-2)13-15-10-6-8-12-18(15)20-3/h6,8,10,12,14,16-17,19H,4-5,7,9,11,13H2,1-3H3. The zero-order chi connectivity index (χ0) is 14.4. The van der Waals surface area contributed by atoms with E-state index in [1.165, 1.54) is 37.7 Å². The smallest absolute Gasteiger partial charge is 0.122 e. The average molecular weight is 275 g/mol. The molecule has 0 radical (unpaired) electrons. The summed E-state index contributed by atoms with van der Waals surface area (Å²) < 4.78 is 5.50. The summed E-state index contributed by atoms with van der Waals surface area (Å²) in [6.45, 7) is 2.35. The van der Waals surface area contributed by atoms with Gasteiger partial charge < -0.3 is 10.1 Å². The molecular weight excluding hydrogens is 246 g/mol. The van der Waals surface area contributed by atoms with Crippen molar-refractivity contribution < 1.29 is 4.74 Å². The average Bonchev–Trinajstić information content (AvgIpc) is 2.53. The van der Waals surface area contributed by atoms with Crippen molar-refractivity contribution in [2.45, 2.75) is 51.5 Å². The molecule has 1 aliphatic carbocycles. The van der Waals surface area contributed by atoms with E-state index < -0.39 is 0 Å². The first-order chi connectivity index (χ1) is 9.80. The van der Waals surface area contributed by atoms with Crippen molar-refractivity contribution in [1.29, 1.82) is 0 Å². The van der Waals surface area contributed by atoms with E-state index >= 15 is 0 Å². The summed E-state index contributed by atoms with van der Waals surface area (Å²) in [5.74, 6) is 2.72. The second kappa shape index (κ2) is 7.68. The number of methoxy groups -OCH3 is 1. The predicted octanol–water partition coefficient (Wildman–Crippen LogP) is 4.04. The van der Waals surface area contributed by atoms with E-state index in [2.05, 4.69) is 37.5 Å². The number of hydrogen-bond donors (Lipinski definition) is 1. The minimum Gasteiger partial charge on any atom is -0.496 e. The lowest BCUT2D eigenvalue weighted by molar-refractivity contribution is 0.178. The van der Waals surface area contributed by atoms with E-state index in [0.29, 0.717) is 6.04 Å². The molecule has 112 valence electrons. The fraction of sp³-hybridized carbons (Fsp3) is 0.667. The van der Waals surface area contributed by atoms with Gasteiger partial charge >= 0.3 is 0 Å². The normalized spacial score (nSPS) is 24.4. The molecule has 3 unspecified atom stereocenters. The van der Waals surface area contributed by atoms with Crippen molar-refractivity contribution in [1.82, 2.24) is 5.32 Å².